The largest absolute Gasteiger partial charge is 0.351 e. The predicted octanol–water partition coefficient (Wildman–Crippen LogP) is 2.54. The van der Waals surface area contributed by atoms with Crippen molar-refractivity contribution in [2.75, 3.05) is 13.1 Å². The Hall–Kier alpha value is -1.43. The van der Waals surface area contributed by atoms with Gasteiger partial charge in [0.25, 0.3) is 5.91 Å². The van der Waals surface area contributed by atoms with Crippen LogP contribution in [0.25, 0.3) is 0 Å². The van der Waals surface area contributed by atoms with Crippen LogP contribution >= 0.6 is 11.3 Å². The quantitative estimate of drug-likeness (QED) is 0.901. The van der Waals surface area contributed by atoms with Crippen LogP contribution in [-0.4, -0.2) is 40.8 Å². The van der Waals surface area contributed by atoms with E-state index in [1.165, 1.54) is 24.2 Å². The molecule has 1 unspecified atom stereocenters. The van der Waals surface area contributed by atoms with Gasteiger partial charge < -0.3 is 10.2 Å². The summed E-state index contributed by atoms with van der Waals surface area (Å²) in [6, 6.07) is 0.485. The van der Waals surface area contributed by atoms with Crippen molar-refractivity contribution in [1.29, 1.82) is 0 Å². The van der Waals surface area contributed by atoms with Crippen LogP contribution in [0.5, 0.6) is 0 Å². The Morgan fingerprint density at radius 2 is 2.09 bits per heavy atom. The third kappa shape index (κ3) is 3.13. The highest BCUT2D eigenvalue weighted by Crippen LogP contribution is 2.36. The molecule has 1 aromatic heterocycles. The Balaban J connectivity index is 1.34. The van der Waals surface area contributed by atoms with Crippen LogP contribution in [-0.2, 0) is 4.79 Å². The zero-order valence-electron chi connectivity index (χ0n) is 13.3. The number of nitrogens with zero attached hydrogens (tertiary/aromatic N) is 2. The van der Waals surface area contributed by atoms with Gasteiger partial charge in [-0.05, 0) is 25.7 Å². The molecule has 2 amide bonds. The number of hydrogen-bond acceptors (Lipinski definition) is 4. The van der Waals surface area contributed by atoms with E-state index in [1.54, 1.807) is 5.51 Å². The molecule has 2 aliphatic carbocycles. The molecule has 0 bridgehead atoms. The topological polar surface area (TPSA) is 62.3 Å². The Morgan fingerprint density at radius 3 is 2.83 bits per heavy atom. The molecule has 3 aliphatic rings. The van der Waals surface area contributed by atoms with Gasteiger partial charge in [-0.15, -0.1) is 11.3 Å². The van der Waals surface area contributed by atoms with Crippen LogP contribution in [0.3, 0.4) is 0 Å². The van der Waals surface area contributed by atoms with Gasteiger partial charge in [0.1, 0.15) is 4.88 Å². The summed E-state index contributed by atoms with van der Waals surface area (Å²) < 4.78 is 0. The van der Waals surface area contributed by atoms with Gasteiger partial charge in [0.05, 0.1) is 11.2 Å². The summed E-state index contributed by atoms with van der Waals surface area (Å²) in [7, 11) is 0. The molecule has 1 aromatic rings. The average Bonchev–Trinajstić information content (AvgIpc) is 2.97. The van der Waals surface area contributed by atoms with Crippen molar-refractivity contribution in [3.63, 3.8) is 0 Å². The zero-order chi connectivity index (χ0) is 15.8. The molecule has 0 radical (unpaired) electrons. The summed E-state index contributed by atoms with van der Waals surface area (Å²) >= 11 is 1.44. The van der Waals surface area contributed by atoms with E-state index in [1.807, 2.05) is 4.90 Å². The van der Waals surface area contributed by atoms with E-state index in [-0.39, 0.29) is 17.7 Å². The highest BCUT2D eigenvalue weighted by molar-refractivity contribution is 7.11. The summed E-state index contributed by atoms with van der Waals surface area (Å²) in [6.07, 6.45) is 7.66. The van der Waals surface area contributed by atoms with Gasteiger partial charge >= 0.3 is 0 Å². The summed E-state index contributed by atoms with van der Waals surface area (Å²) in [4.78, 5) is 31.7. The normalized spacial score (nSPS) is 25.3. The van der Waals surface area contributed by atoms with Crippen LogP contribution in [0.1, 0.15) is 66.2 Å². The van der Waals surface area contributed by atoms with Gasteiger partial charge in [0.15, 0.2) is 0 Å². The Labute approximate surface area is 140 Å². The lowest BCUT2D eigenvalue weighted by Gasteiger charge is -2.16. The molecule has 0 aromatic carbocycles. The molecule has 5 nitrogen and oxygen atoms in total. The van der Waals surface area contributed by atoms with E-state index in [2.05, 4.69) is 10.3 Å². The van der Waals surface area contributed by atoms with Gasteiger partial charge in [-0.1, -0.05) is 12.8 Å². The number of nitrogens with one attached hydrogen (secondary N) is 1. The maximum atomic E-state index is 12.5. The first-order chi connectivity index (χ1) is 11.2. The number of likely N-dealkylation sites (tertiary alicyclic amines) is 1. The minimum absolute atomic E-state index is 0.00767. The van der Waals surface area contributed by atoms with Gasteiger partial charge in [-0.25, -0.2) is 4.98 Å². The fourth-order valence-electron chi connectivity index (χ4n) is 3.92. The number of hydrogen-bond donors (Lipinski definition) is 1. The number of rotatable bonds is 5. The first-order valence-electron chi connectivity index (χ1n) is 8.73. The number of carbonyl (C=O) groups is 2. The van der Waals surface area contributed by atoms with Crippen molar-refractivity contribution in [3.05, 3.63) is 16.1 Å². The standard InChI is InChI=1S/C17H23N3O2S/c21-14-7-11(9-20(14)13-5-6-13)8-18-17(22)16-15(19-10-23-16)12-3-1-2-4-12/h10-13H,1-9H2,(H,18,22). The fraction of sp³-hybridized carbons (Fsp3) is 0.706. The molecule has 1 N–H and O–H groups in total. The van der Waals surface area contributed by atoms with Crippen LogP contribution < -0.4 is 5.32 Å². The molecular formula is C17H23N3O2S. The van der Waals surface area contributed by atoms with Crippen LogP contribution in [0, 0.1) is 5.92 Å². The second-order valence-corrected chi connectivity index (χ2v) is 7.96. The molecule has 2 saturated carbocycles. The first kappa shape index (κ1) is 15.1. The van der Waals surface area contributed by atoms with Crippen molar-refractivity contribution in [2.45, 2.75) is 56.9 Å². The van der Waals surface area contributed by atoms with Crippen molar-refractivity contribution in [2.24, 2.45) is 5.92 Å². The maximum Gasteiger partial charge on any atom is 0.263 e. The smallest absolute Gasteiger partial charge is 0.263 e. The van der Waals surface area contributed by atoms with E-state index in [0.717, 1.165) is 42.8 Å². The van der Waals surface area contributed by atoms with Gasteiger partial charge in [-0.2, -0.15) is 0 Å². The molecular weight excluding hydrogens is 310 g/mol. The summed E-state index contributed by atoms with van der Waals surface area (Å²) in [5, 5.41) is 3.04. The fourth-order valence-corrected chi connectivity index (χ4v) is 4.71. The molecule has 1 aliphatic heterocycles. The van der Waals surface area contributed by atoms with E-state index in [0.29, 0.717) is 24.9 Å². The van der Waals surface area contributed by atoms with Crippen LogP contribution in [0.2, 0.25) is 0 Å². The van der Waals surface area contributed by atoms with Crippen LogP contribution in [0.15, 0.2) is 5.51 Å². The highest BCUT2D eigenvalue weighted by atomic mass is 32.1. The second kappa shape index (κ2) is 6.23. The zero-order valence-corrected chi connectivity index (χ0v) is 14.1. The lowest BCUT2D eigenvalue weighted by atomic mass is 10.0. The van der Waals surface area contributed by atoms with Gasteiger partial charge in [0, 0.05) is 37.4 Å². The lowest BCUT2D eigenvalue weighted by Crippen LogP contribution is -2.32. The van der Waals surface area contributed by atoms with Crippen molar-refractivity contribution in [3.8, 4) is 0 Å². The van der Waals surface area contributed by atoms with Crippen molar-refractivity contribution in [1.82, 2.24) is 15.2 Å². The van der Waals surface area contributed by atoms with E-state index in [4.69, 9.17) is 0 Å². The first-order valence-corrected chi connectivity index (χ1v) is 9.61. The molecule has 124 valence electrons. The Bertz CT molecular complexity index is 605. The monoisotopic (exact) mass is 333 g/mol. The minimum atomic E-state index is -0.00767. The molecule has 4 rings (SSSR count). The van der Waals surface area contributed by atoms with E-state index in [9.17, 15) is 9.59 Å². The molecule has 0 spiro atoms. The van der Waals surface area contributed by atoms with E-state index >= 15 is 0 Å². The molecule has 6 heteroatoms. The third-order valence-corrected chi connectivity index (χ3v) is 6.16. The van der Waals surface area contributed by atoms with Crippen molar-refractivity contribution < 1.29 is 9.59 Å². The number of amides is 2. The summed E-state index contributed by atoms with van der Waals surface area (Å²) in [6.45, 7) is 1.40. The van der Waals surface area contributed by atoms with E-state index < -0.39 is 0 Å². The number of carbonyl (C=O) groups excluding carboxylic acids is 2. The molecule has 3 fully saturated rings. The SMILES string of the molecule is O=C(NCC1CC(=O)N(C2CC2)C1)c1scnc1C1CCCC1. The average molecular weight is 333 g/mol. The van der Waals surface area contributed by atoms with Crippen molar-refractivity contribution >= 4 is 23.2 Å². The Morgan fingerprint density at radius 1 is 1.30 bits per heavy atom. The Kier molecular flexibility index (Phi) is 4.09. The molecule has 23 heavy (non-hydrogen) atoms. The van der Waals surface area contributed by atoms with Gasteiger partial charge in [0.2, 0.25) is 5.91 Å². The van der Waals surface area contributed by atoms with Gasteiger partial charge in [-0.3, -0.25) is 9.59 Å². The summed E-state index contributed by atoms with van der Waals surface area (Å²) in [5.74, 6) is 0.971. The van der Waals surface area contributed by atoms with Crippen LogP contribution in [0.4, 0.5) is 0 Å². The molecule has 1 saturated heterocycles. The lowest BCUT2D eigenvalue weighted by molar-refractivity contribution is -0.128. The minimum Gasteiger partial charge on any atom is -0.351 e. The second-order valence-electron chi connectivity index (χ2n) is 7.11. The molecule has 1 atom stereocenters. The maximum absolute atomic E-state index is 12.5. The molecule has 2 heterocycles. The predicted molar refractivity (Wildman–Crippen MR) is 88.5 cm³/mol. The number of thiazole rings is 1. The number of aromatic nitrogens is 1. The third-order valence-electron chi connectivity index (χ3n) is 5.32. The summed E-state index contributed by atoms with van der Waals surface area (Å²) in [5.41, 5.74) is 2.78. The highest BCUT2D eigenvalue weighted by Gasteiger charge is 2.39.